The second-order valence-electron chi connectivity index (χ2n) is 5.46. The van der Waals surface area contributed by atoms with Crippen molar-refractivity contribution in [1.29, 1.82) is 0 Å². The van der Waals surface area contributed by atoms with Gasteiger partial charge in [-0.3, -0.25) is 4.68 Å². The predicted octanol–water partition coefficient (Wildman–Crippen LogP) is 3.08. The van der Waals surface area contributed by atoms with Gasteiger partial charge in [-0.1, -0.05) is 20.8 Å². The molecule has 0 amide bonds. The van der Waals surface area contributed by atoms with E-state index in [1.807, 2.05) is 4.68 Å². The van der Waals surface area contributed by atoms with Crippen LogP contribution in [0.2, 0.25) is 0 Å². The lowest BCUT2D eigenvalue weighted by molar-refractivity contribution is 0.241. The molecule has 1 rings (SSSR count). The SMILES string of the molecule is CCCNCC(CC)(CC)Cc1cc(C)nn1C. The van der Waals surface area contributed by atoms with Crippen molar-refractivity contribution in [3.05, 3.63) is 17.5 Å². The maximum atomic E-state index is 4.46. The normalized spacial score (nSPS) is 12.1. The quantitative estimate of drug-likeness (QED) is 0.720. The summed E-state index contributed by atoms with van der Waals surface area (Å²) in [7, 11) is 2.05. The third-order valence-corrected chi connectivity index (χ3v) is 4.08. The molecule has 3 heteroatoms. The summed E-state index contributed by atoms with van der Waals surface area (Å²) in [6, 6.07) is 2.22. The van der Waals surface area contributed by atoms with Gasteiger partial charge < -0.3 is 5.32 Å². The lowest BCUT2D eigenvalue weighted by atomic mass is 9.78. The Hall–Kier alpha value is -0.830. The fourth-order valence-corrected chi connectivity index (χ4v) is 2.56. The zero-order valence-corrected chi connectivity index (χ0v) is 12.7. The topological polar surface area (TPSA) is 29.9 Å². The number of nitrogens with one attached hydrogen (secondary N) is 1. The molecule has 0 aliphatic carbocycles. The van der Waals surface area contributed by atoms with Crippen LogP contribution in [0, 0.1) is 12.3 Å². The molecule has 0 bridgehead atoms. The van der Waals surface area contributed by atoms with E-state index in [9.17, 15) is 0 Å². The van der Waals surface area contributed by atoms with Crippen LogP contribution in [-0.4, -0.2) is 22.9 Å². The van der Waals surface area contributed by atoms with Crippen molar-refractivity contribution < 1.29 is 0 Å². The summed E-state index contributed by atoms with van der Waals surface area (Å²) in [6.45, 7) is 11.1. The van der Waals surface area contributed by atoms with Crippen molar-refractivity contribution in [2.45, 2.75) is 53.4 Å². The van der Waals surface area contributed by atoms with Gasteiger partial charge in [-0.2, -0.15) is 5.10 Å². The first-order chi connectivity index (χ1) is 8.56. The van der Waals surface area contributed by atoms with E-state index >= 15 is 0 Å². The van der Waals surface area contributed by atoms with Crippen LogP contribution in [-0.2, 0) is 13.5 Å². The van der Waals surface area contributed by atoms with Gasteiger partial charge >= 0.3 is 0 Å². The molecule has 0 unspecified atom stereocenters. The van der Waals surface area contributed by atoms with Crippen LogP contribution in [0.25, 0.3) is 0 Å². The Kier molecular flexibility index (Phi) is 5.86. The van der Waals surface area contributed by atoms with Gasteiger partial charge in [-0.15, -0.1) is 0 Å². The van der Waals surface area contributed by atoms with Gasteiger partial charge in [0, 0.05) is 19.3 Å². The van der Waals surface area contributed by atoms with E-state index in [0.29, 0.717) is 5.41 Å². The molecule has 0 fully saturated rings. The minimum absolute atomic E-state index is 0.370. The largest absolute Gasteiger partial charge is 0.316 e. The summed E-state index contributed by atoms with van der Waals surface area (Å²) in [4.78, 5) is 0. The van der Waals surface area contributed by atoms with E-state index in [-0.39, 0.29) is 0 Å². The molecule has 18 heavy (non-hydrogen) atoms. The lowest BCUT2D eigenvalue weighted by Gasteiger charge is -2.32. The Morgan fingerprint density at radius 1 is 1.28 bits per heavy atom. The van der Waals surface area contributed by atoms with Gasteiger partial charge in [0.2, 0.25) is 0 Å². The fourth-order valence-electron chi connectivity index (χ4n) is 2.56. The molecule has 1 N–H and O–H groups in total. The molecular formula is C15H29N3. The Balaban J connectivity index is 2.75. The molecule has 0 aliphatic rings. The van der Waals surface area contributed by atoms with Crippen molar-refractivity contribution in [2.75, 3.05) is 13.1 Å². The standard InChI is InChI=1S/C15H29N3/c1-6-9-16-12-15(7-2,8-3)11-14-10-13(4)17-18(14)5/h10,16H,6-9,11-12H2,1-5H3. The molecule has 0 saturated heterocycles. The summed E-state index contributed by atoms with van der Waals surface area (Å²) < 4.78 is 2.04. The Labute approximate surface area is 112 Å². The van der Waals surface area contributed by atoms with Crippen molar-refractivity contribution in [3.8, 4) is 0 Å². The number of nitrogens with zero attached hydrogens (tertiary/aromatic N) is 2. The summed E-state index contributed by atoms with van der Waals surface area (Å²) in [5.74, 6) is 0. The molecule has 104 valence electrons. The van der Waals surface area contributed by atoms with Crippen LogP contribution in [0.5, 0.6) is 0 Å². The van der Waals surface area contributed by atoms with E-state index in [2.05, 4.69) is 51.2 Å². The highest BCUT2D eigenvalue weighted by Crippen LogP contribution is 2.30. The first-order valence-electron chi connectivity index (χ1n) is 7.27. The van der Waals surface area contributed by atoms with Gasteiger partial charge in [-0.05, 0) is 50.6 Å². The molecular weight excluding hydrogens is 222 g/mol. The molecule has 1 heterocycles. The first kappa shape index (κ1) is 15.2. The van der Waals surface area contributed by atoms with Gasteiger partial charge in [0.25, 0.3) is 0 Å². The van der Waals surface area contributed by atoms with E-state index in [1.54, 1.807) is 0 Å². The average Bonchev–Trinajstić information content (AvgIpc) is 2.66. The Bertz CT molecular complexity index is 351. The first-order valence-corrected chi connectivity index (χ1v) is 7.27. The smallest absolute Gasteiger partial charge is 0.0596 e. The van der Waals surface area contributed by atoms with Crippen molar-refractivity contribution >= 4 is 0 Å². The predicted molar refractivity (Wildman–Crippen MR) is 77.8 cm³/mol. The van der Waals surface area contributed by atoms with Crippen LogP contribution >= 0.6 is 0 Å². The molecule has 1 aromatic rings. The van der Waals surface area contributed by atoms with Gasteiger partial charge in [-0.25, -0.2) is 0 Å². The van der Waals surface area contributed by atoms with Gasteiger partial charge in [0.1, 0.15) is 0 Å². The number of hydrogen-bond donors (Lipinski definition) is 1. The molecule has 0 aromatic carbocycles. The Morgan fingerprint density at radius 2 is 1.94 bits per heavy atom. The zero-order chi connectivity index (χ0) is 13.6. The van der Waals surface area contributed by atoms with Crippen LogP contribution in [0.3, 0.4) is 0 Å². The van der Waals surface area contributed by atoms with E-state index < -0.39 is 0 Å². The molecule has 0 atom stereocenters. The van der Waals surface area contributed by atoms with E-state index in [4.69, 9.17) is 0 Å². The monoisotopic (exact) mass is 251 g/mol. The molecule has 1 aromatic heterocycles. The highest BCUT2D eigenvalue weighted by Gasteiger charge is 2.27. The van der Waals surface area contributed by atoms with Crippen molar-refractivity contribution in [3.63, 3.8) is 0 Å². The lowest BCUT2D eigenvalue weighted by Crippen LogP contribution is -2.36. The molecule has 0 spiro atoms. The number of hydrogen-bond acceptors (Lipinski definition) is 2. The average molecular weight is 251 g/mol. The molecule has 3 nitrogen and oxygen atoms in total. The Morgan fingerprint density at radius 3 is 2.39 bits per heavy atom. The van der Waals surface area contributed by atoms with E-state index in [1.165, 1.54) is 25.0 Å². The summed E-state index contributed by atoms with van der Waals surface area (Å²) >= 11 is 0. The second-order valence-corrected chi connectivity index (χ2v) is 5.46. The van der Waals surface area contributed by atoms with Crippen LogP contribution in [0.1, 0.15) is 51.4 Å². The van der Waals surface area contributed by atoms with Crippen LogP contribution in [0.4, 0.5) is 0 Å². The number of aromatic nitrogens is 2. The summed E-state index contributed by atoms with van der Waals surface area (Å²) in [5.41, 5.74) is 2.85. The van der Waals surface area contributed by atoms with Gasteiger partial charge in [0.15, 0.2) is 0 Å². The highest BCUT2D eigenvalue weighted by atomic mass is 15.3. The minimum atomic E-state index is 0.370. The van der Waals surface area contributed by atoms with E-state index in [0.717, 1.165) is 25.2 Å². The maximum absolute atomic E-state index is 4.46. The number of aryl methyl sites for hydroxylation is 2. The number of rotatable bonds is 8. The second kappa shape index (κ2) is 6.93. The van der Waals surface area contributed by atoms with Crippen LogP contribution in [0.15, 0.2) is 6.07 Å². The van der Waals surface area contributed by atoms with Gasteiger partial charge in [0.05, 0.1) is 5.69 Å². The maximum Gasteiger partial charge on any atom is 0.0596 e. The van der Waals surface area contributed by atoms with Crippen LogP contribution < -0.4 is 5.32 Å². The minimum Gasteiger partial charge on any atom is -0.316 e. The summed E-state index contributed by atoms with van der Waals surface area (Å²) in [6.07, 6.45) is 4.75. The van der Waals surface area contributed by atoms with Crippen molar-refractivity contribution in [1.82, 2.24) is 15.1 Å². The molecule has 0 saturated carbocycles. The molecule has 0 aliphatic heterocycles. The molecule has 0 radical (unpaired) electrons. The highest BCUT2D eigenvalue weighted by molar-refractivity contribution is 5.11. The summed E-state index contributed by atoms with van der Waals surface area (Å²) in [5, 5.41) is 8.05. The zero-order valence-electron chi connectivity index (χ0n) is 12.7. The fraction of sp³-hybridized carbons (Fsp3) is 0.800. The third kappa shape index (κ3) is 3.84. The third-order valence-electron chi connectivity index (χ3n) is 4.08. The van der Waals surface area contributed by atoms with Crippen molar-refractivity contribution in [2.24, 2.45) is 12.5 Å².